The summed E-state index contributed by atoms with van der Waals surface area (Å²) >= 11 is 0. The molecule has 0 aromatic rings. The van der Waals surface area contributed by atoms with Crippen LogP contribution >= 0.6 is 0 Å². The van der Waals surface area contributed by atoms with E-state index in [0.29, 0.717) is 57.8 Å². The summed E-state index contributed by atoms with van der Waals surface area (Å²) in [6.45, 7) is 19.6. The van der Waals surface area contributed by atoms with E-state index >= 15 is 0 Å². The predicted molar refractivity (Wildman–Crippen MR) is 199 cm³/mol. The summed E-state index contributed by atoms with van der Waals surface area (Å²) in [6.07, 6.45) is 5.51. The van der Waals surface area contributed by atoms with Gasteiger partial charge in [-0.2, -0.15) is 0 Å². The van der Waals surface area contributed by atoms with Crippen molar-refractivity contribution in [3.05, 3.63) is 12.2 Å². The highest BCUT2D eigenvalue weighted by atomic mass is 16.8. The van der Waals surface area contributed by atoms with Gasteiger partial charge in [0.15, 0.2) is 5.79 Å². The smallest absolute Gasteiger partial charge is 0.309 e. The molecule has 0 aromatic heterocycles. The molecule has 11 heteroatoms. The first-order valence-electron chi connectivity index (χ1n) is 20.7. The van der Waals surface area contributed by atoms with Gasteiger partial charge in [-0.3, -0.25) is 9.59 Å². The maximum absolute atomic E-state index is 14.4. The highest BCUT2D eigenvalue weighted by molar-refractivity contribution is 5.84. The molecule has 2 spiro atoms. The Balaban J connectivity index is 1.31. The van der Waals surface area contributed by atoms with Crippen molar-refractivity contribution in [3.8, 4) is 0 Å². The summed E-state index contributed by atoms with van der Waals surface area (Å²) in [5.74, 6) is -5.78. The van der Waals surface area contributed by atoms with E-state index in [-0.39, 0.29) is 41.8 Å². The van der Waals surface area contributed by atoms with Crippen LogP contribution in [0.5, 0.6) is 0 Å². The number of hydrogen-bond donors (Lipinski definition) is 4. The lowest BCUT2D eigenvalue weighted by Crippen LogP contribution is -2.63. The predicted octanol–water partition coefficient (Wildman–Crippen LogP) is 6.19. The van der Waals surface area contributed by atoms with Crippen molar-refractivity contribution >= 4 is 11.8 Å². The van der Waals surface area contributed by atoms with Gasteiger partial charge in [-0.05, 0) is 95.6 Å². The number of carboxylic acids is 1. The van der Waals surface area contributed by atoms with Gasteiger partial charge in [-0.25, -0.2) is 0 Å². The zero-order valence-electron chi connectivity index (χ0n) is 34.0. The van der Waals surface area contributed by atoms with Gasteiger partial charge in [0.05, 0.1) is 53.7 Å². The Kier molecular flexibility index (Phi) is 13.0. The molecule has 18 atom stereocenters. The molecule has 5 heterocycles. The van der Waals surface area contributed by atoms with Crippen molar-refractivity contribution in [2.75, 3.05) is 0 Å². The summed E-state index contributed by atoms with van der Waals surface area (Å²) in [5.41, 5.74) is -1.63. The van der Waals surface area contributed by atoms with Crippen molar-refractivity contribution < 1.29 is 53.7 Å². The molecule has 0 radical (unpaired) electrons. The Bertz CT molecular complexity index is 1320. The summed E-state index contributed by atoms with van der Waals surface area (Å²) in [7, 11) is 0. The lowest BCUT2D eigenvalue weighted by molar-refractivity contribution is -0.409. The third-order valence-electron chi connectivity index (χ3n) is 14.4. The Morgan fingerprint density at radius 3 is 2.17 bits per heavy atom. The minimum Gasteiger partial charge on any atom is -0.481 e. The van der Waals surface area contributed by atoms with E-state index in [1.165, 1.54) is 0 Å². The minimum atomic E-state index is -1.37. The topological polar surface area (TPSA) is 161 Å². The summed E-state index contributed by atoms with van der Waals surface area (Å²) in [6, 6.07) is 0. The first kappa shape index (κ1) is 42.7. The number of carbonyl (C=O) groups is 2. The van der Waals surface area contributed by atoms with Crippen LogP contribution in [0.3, 0.4) is 0 Å². The van der Waals surface area contributed by atoms with Gasteiger partial charge in [-0.15, -0.1) is 0 Å². The van der Waals surface area contributed by atoms with E-state index in [2.05, 4.69) is 20.8 Å². The molecule has 5 aliphatic heterocycles. The number of carboxylic acid groups (broad SMARTS) is 1. The van der Waals surface area contributed by atoms with Crippen molar-refractivity contribution in [1.82, 2.24) is 0 Å². The Morgan fingerprint density at radius 1 is 0.887 bits per heavy atom. The van der Waals surface area contributed by atoms with Crippen molar-refractivity contribution in [2.24, 2.45) is 41.4 Å². The molecule has 0 bridgehead atoms. The fourth-order valence-corrected chi connectivity index (χ4v) is 10.5. The number of aliphatic carboxylic acids is 1. The van der Waals surface area contributed by atoms with Gasteiger partial charge in [-0.1, -0.05) is 55.4 Å². The standard InChI is InChI=1S/C42H70O11/c1-11-29(38(46)47)31-15-14-23(4)36(50-31)27(8)34(44)26(7)35(45)30(12-2)37-24(5)22-25(6)41(51-37)19-16-32(43)42(53-41)21-20-39(10,52-42)33-17-18-40(48,13-3)28(9)49-33/h16,19,23-34,36-37,43-44,48H,11-15,17-18,20-22H2,1-10H3,(H,46,47)/t23-,24+,25-,26-,27-,28+,29-,30+,31+,32-,33-,34+,36+,37?,39+,40-,41+,42+/m1/s1. The summed E-state index contributed by atoms with van der Waals surface area (Å²) < 4.78 is 33.5. The van der Waals surface area contributed by atoms with E-state index in [9.17, 15) is 30.0 Å². The average molecular weight is 751 g/mol. The van der Waals surface area contributed by atoms with Gasteiger partial charge in [0.25, 0.3) is 0 Å². The number of ether oxygens (including phenoxy) is 5. The van der Waals surface area contributed by atoms with Crippen LogP contribution in [0.2, 0.25) is 0 Å². The molecule has 0 aliphatic carbocycles. The van der Waals surface area contributed by atoms with Crippen LogP contribution in [-0.4, -0.2) is 97.7 Å². The molecule has 4 N–H and O–H groups in total. The average Bonchev–Trinajstić information content (AvgIpc) is 3.47. The molecule has 5 aliphatic rings. The molecular weight excluding hydrogens is 680 g/mol. The monoisotopic (exact) mass is 750 g/mol. The maximum atomic E-state index is 14.4. The van der Waals surface area contributed by atoms with Crippen LogP contribution in [0, 0.1) is 41.4 Å². The van der Waals surface area contributed by atoms with Crippen LogP contribution in [-0.2, 0) is 33.3 Å². The minimum absolute atomic E-state index is 0.0137. The first-order chi connectivity index (χ1) is 24.8. The zero-order chi connectivity index (χ0) is 39.3. The molecule has 11 nitrogen and oxygen atoms in total. The van der Waals surface area contributed by atoms with Crippen LogP contribution in [0.25, 0.3) is 0 Å². The number of ketones is 1. The molecule has 53 heavy (non-hydrogen) atoms. The van der Waals surface area contributed by atoms with E-state index < -0.39 is 76.8 Å². The van der Waals surface area contributed by atoms with Crippen molar-refractivity contribution in [2.45, 2.75) is 199 Å². The fourth-order valence-electron chi connectivity index (χ4n) is 10.5. The quantitative estimate of drug-likeness (QED) is 0.169. The second-order valence-corrected chi connectivity index (χ2v) is 17.9. The highest BCUT2D eigenvalue weighted by Gasteiger charge is 2.63. The van der Waals surface area contributed by atoms with Crippen molar-refractivity contribution in [3.63, 3.8) is 0 Å². The molecule has 0 aromatic carbocycles. The summed E-state index contributed by atoms with van der Waals surface area (Å²) in [4.78, 5) is 26.4. The lowest BCUT2D eigenvalue weighted by atomic mass is 9.72. The number of Topliss-reactive ketones (excluding diaryl/α,β-unsaturated/α-hetero) is 1. The molecule has 1 unspecified atom stereocenters. The normalized spacial score (nSPS) is 46.2. The van der Waals surface area contributed by atoms with Crippen LogP contribution in [0.15, 0.2) is 12.2 Å². The first-order valence-corrected chi connectivity index (χ1v) is 20.7. The number of rotatable bonds is 12. The van der Waals surface area contributed by atoms with Crippen LogP contribution in [0.4, 0.5) is 0 Å². The SMILES string of the molecule is CC[C@@H](C(=O)[C@H](C)[C@H](O)[C@@H](C)[C@H]1O[C@H]([C@@H](CC)C(=O)O)CC[C@H]1C)C1O[C@]2(C=C[C@@H](O)[C@]3(CC[C@@](C)([C@H]4CC[C@](O)(CC)[C@H](C)O4)O3)O2)[C@H](C)C[C@@H]1C. The molecule has 304 valence electrons. The molecule has 0 amide bonds. The Hall–Kier alpha value is -1.44. The molecule has 4 fully saturated rings. The number of aliphatic hydroxyl groups is 3. The third kappa shape index (κ3) is 7.94. The van der Waals surface area contributed by atoms with E-state index in [1.54, 1.807) is 19.1 Å². The molecule has 5 rings (SSSR count). The maximum Gasteiger partial charge on any atom is 0.309 e. The van der Waals surface area contributed by atoms with Gasteiger partial charge in [0.2, 0.25) is 5.79 Å². The number of hydrogen-bond acceptors (Lipinski definition) is 10. The van der Waals surface area contributed by atoms with Gasteiger partial charge in [0.1, 0.15) is 11.9 Å². The summed E-state index contributed by atoms with van der Waals surface area (Å²) in [5, 5.41) is 44.0. The Morgan fingerprint density at radius 2 is 1.57 bits per heavy atom. The molecule has 0 saturated carbocycles. The zero-order valence-corrected chi connectivity index (χ0v) is 34.0. The van der Waals surface area contributed by atoms with E-state index in [0.717, 1.165) is 6.42 Å². The Labute approximate surface area is 317 Å². The van der Waals surface area contributed by atoms with Crippen LogP contribution in [0.1, 0.15) is 133 Å². The van der Waals surface area contributed by atoms with E-state index in [1.807, 2.05) is 41.5 Å². The van der Waals surface area contributed by atoms with Gasteiger partial charge >= 0.3 is 5.97 Å². The van der Waals surface area contributed by atoms with E-state index in [4.69, 9.17) is 23.7 Å². The second kappa shape index (κ2) is 16.2. The highest BCUT2D eigenvalue weighted by Crippen LogP contribution is 2.54. The molecular formula is C42H70O11. The van der Waals surface area contributed by atoms with Gasteiger partial charge in [0, 0.05) is 30.1 Å². The largest absolute Gasteiger partial charge is 0.481 e. The molecule has 4 saturated heterocycles. The van der Waals surface area contributed by atoms with Crippen molar-refractivity contribution in [1.29, 1.82) is 0 Å². The third-order valence-corrected chi connectivity index (χ3v) is 14.4. The number of carbonyl (C=O) groups excluding carboxylic acids is 1. The fraction of sp³-hybridized carbons (Fsp3) is 0.905. The van der Waals surface area contributed by atoms with Crippen LogP contribution < -0.4 is 0 Å². The lowest BCUT2D eigenvalue weighted by Gasteiger charge is -2.54. The second-order valence-electron chi connectivity index (χ2n) is 17.9. The number of aliphatic hydroxyl groups excluding tert-OH is 2. The van der Waals surface area contributed by atoms with Gasteiger partial charge < -0.3 is 44.1 Å².